The largest absolute Gasteiger partial charge is 0.331 e. The molecule has 3 fully saturated rings. The molecule has 5 rings (SSSR count). The van der Waals surface area contributed by atoms with Crippen molar-refractivity contribution < 1.29 is 14.4 Å². The Hall–Kier alpha value is -3.80. The third-order valence-electron chi connectivity index (χ3n) is 6.45. The highest BCUT2D eigenvalue weighted by molar-refractivity contribution is 6.01. The van der Waals surface area contributed by atoms with Crippen LogP contribution in [0.15, 0.2) is 36.5 Å². The molecule has 2 amide bonds. The van der Waals surface area contributed by atoms with Gasteiger partial charge in [-0.2, -0.15) is 10.2 Å². The molecule has 1 aliphatic carbocycles. The second-order valence-corrected chi connectivity index (χ2v) is 8.52. The van der Waals surface area contributed by atoms with Gasteiger partial charge in [-0.15, -0.1) is 0 Å². The number of carbonyl (C=O) groups excluding carboxylic acids is 3. The number of aromatic nitrogens is 2. The molecule has 1 aromatic heterocycles. The lowest BCUT2D eigenvalue weighted by molar-refractivity contribution is -0.124. The molecule has 1 aromatic carbocycles. The Balaban J connectivity index is 1.28. The Morgan fingerprint density at radius 2 is 1.94 bits per heavy atom. The summed E-state index contributed by atoms with van der Waals surface area (Å²) in [7, 11) is 0. The summed E-state index contributed by atoms with van der Waals surface area (Å²) in [5, 5.41) is 12.8. The summed E-state index contributed by atoms with van der Waals surface area (Å²) >= 11 is 0. The van der Waals surface area contributed by atoms with Gasteiger partial charge in [0, 0.05) is 37.0 Å². The third-order valence-corrected chi connectivity index (χ3v) is 6.45. The molecule has 9 heteroatoms. The average molecular weight is 430 g/mol. The van der Waals surface area contributed by atoms with E-state index >= 15 is 0 Å². The minimum Gasteiger partial charge on any atom is -0.331 e. The summed E-state index contributed by atoms with van der Waals surface area (Å²) in [6.45, 7) is 1.10. The Morgan fingerprint density at radius 1 is 1.16 bits per heavy atom. The molecule has 2 aliphatic heterocycles. The first-order valence-corrected chi connectivity index (χ1v) is 10.7. The summed E-state index contributed by atoms with van der Waals surface area (Å²) in [6, 6.07) is 10.8. The second kappa shape index (κ2) is 7.71. The first kappa shape index (κ1) is 20.1. The molecule has 32 heavy (non-hydrogen) atoms. The van der Waals surface area contributed by atoms with E-state index in [-0.39, 0.29) is 30.1 Å². The van der Waals surface area contributed by atoms with Crippen LogP contribution < -0.4 is 10.2 Å². The van der Waals surface area contributed by atoms with Crippen LogP contribution >= 0.6 is 0 Å². The second-order valence-electron chi connectivity index (χ2n) is 8.52. The van der Waals surface area contributed by atoms with Gasteiger partial charge in [0.1, 0.15) is 11.2 Å². The van der Waals surface area contributed by atoms with Crippen molar-refractivity contribution in [3.63, 3.8) is 0 Å². The molecular weight excluding hydrogens is 408 g/mol. The molecule has 0 spiro atoms. The van der Waals surface area contributed by atoms with E-state index in [0.29, 0.717) is 48.9 Å². The van der Waals surface area contributed by atoms with Crippen LogP contribution in [0.25, 0.3) is 0 Å². The van der Waals surface area contributed by atoms with Crippen LogP contribution in [0.4, 0.5) is 17.5 Å². The van der Waals surface area contributed by atoms with E-state index in [1.54, 1.807) is 46.3 Å². The molecule has 0 bridgehead atoms. The number of amides is 2. The van der Waals surface area contributed by atoms with Crippen molar-refractivity contribution >= 4 is 35.1 Å². The highest BCUT2D eigenvalue weighted by atomic mass is 16.2. The van der Waals surface area contributed by atoms with E-state index in [1.807, 2.05) is 0 Å². The van der Waals surface area contributed by atoms with Gasteiger partial charge < -0.3 is 10.2 Å². The Morgan fingerprint density at radius 3 is 2.59 bits per heavy atom. The zero-order valence-corrected chi connectivity index (χ0v) is 17.5. The van der Waals surface area contributed by atoms with Crippen LogP contribution in [0.1, 0.15) is 36.0 Å². The topological polar surface area (TPSA) is 119 Å². The SMILES string of the molecule is N#C[C@@]1(C2CC2)CCN(c2ccnc(Nc3ccc(C(=O)N4CCC(=O)C4)cc3)n2)C1=O. The van der Waals surface area contributed by atoms with Crippen LogP contribution in [0.5, 0.6) is 0 Å². The fourth-order valence-corrected chi connectivity index (χ4v) is 4.48. The van der Waals surface area contributed by atoms with Crippen LogP contribution in [0.3, 0.4) is 0 Å². The number of hydrogen-bond donors (Lipinski definition) is 1. The summed E-state index contributed by atoms with van der Waals surface area (Å²) < 4.78 is 0. The van der Waals surface area contributed by atoms with Gasteiger partial charge in [-0.25, -0.2) is 4.98 Å². The summed E-state index contributed by atoms with van der Waals surface area (Å²) in [4.78, 5) is 48.7. The van der Waals surface area contributed by atoms with Crippen LogP contribution in [0.2, 0.25) is 0 Å². The van der Waals surface area contributed by atoms with Crippen molar-refractivity contribution in [3.05, 3.63) is 42.1 Å². The Labute approximate surface area is 185 Å². The maximum atomic E-state index is 13.0. The molecule has 2 aromatic rings. The van der Waals surface area contributed by atoms with Crippen molar-refractivity contribution in [2.45, 2.75) is 25.7 Å². The van der Waals surface area contributed by atoms with E-state index in [1.165, 1.54) is 0 Å². The fourth-order valence-electron chi connectivity index (χ4n) is 4.48. The normalized spacial score (nSPS) is 22.8. The minimum absolute atomic E-state index is 0.0780. The van der Waals surface area contributed by atoms with Gasteiger partial charge in [-0.05, 0) is 55.5 Å². The molecule has 3 heterocycles. The molecular formula is C23H22N6O3. The molecule has 1 saturated carbocycles. The number of nitrogens with zero attached hydrogens (tertiary/aromatic N) is 5. The van der Waals surface area contributed by atoms with E-state index in [4.69, 9.17) is 0 Å². The number of rotatable bonds is 5. The number of carbonyl (C=O) groups is 3. The predicted octanol–water partition coefficient (Wildman–Crippen LogP) is 2.29. The van der Waals surface area contributed by atoms with Gasteiger partial charge in [0.15, 0.2) is 5.78 Å². The zero-order chi connectivity index (χ0) is 22.3. The number of anilines is 3. The quantitative estimate of drug-likeness (QED) is 0.773. The predicted molar refractivity (Wildman–Crippen MR) is 115 cm³/mol. The van der Waals surface area contributed by atoms with Crippen molar-refractivity contribution in [2.75, 3.05) is 29.9 Å². The lowest BCUT2D eigenvalue weighted by Crippen LogP contribution is -2.35. The number of ketones is 1. The van der Waals surface area contributed by atoms with Gasteiger partial charge in [0.25, 0.3) is 5.91 Å². The van der Waals surface area contributed by atoms with Crippen molar-refractivity contribution in [3.8, 4) is 6.07 Å². The number of benzene rings is 1. The molecule has 9 nitrogen and oxygen atoms in total. The van der Waals surface area contributed by atoms with Gasteiger partial charge in [0.05, 0.1) is 12.6 Å². The van der Waals surface area contributed by atoms with Gasteiger partial charge in [0.2, 0.25) is 11.9 Å². The minimum atomic E-state index is -0.916. The van der Waals surface area contributed by atoms with Crippen LogP contribution in [-0.4, -0.2) is 52.1 Å². The summed E-state index contributed by atoms with van der Waals surface area (Å²) in [5.74, 6) is 0.690. The molecule has 162 valence electrons. The highest BCUT2D eigenvalue weighted by Crippen LogP contribution is 2.51. The van der Waals surface area contributed by atoms with E-state index in [2.05, 4.69) is 21.4 Å². The van der Waals surface area contributed by atoms with E-state index < -0.39 is 5.41 Å². The number of nitrogens with one attached hydrogen (secondary N) is 1. The third kappa shape index (κ3) is 3.47. The van der Waals surface area contributed by atoms with Crippen molar-refractivity contribution in [1.82, 2.24) is 14.9 Å². The molecule has 2 saturated heterocycles. The molecule has 0 radical (unpaired) electrons. The molecule has 3 aliphatic rings. The molecule has 1 N–H and O–H groups in total. The summed E-state index contributed by atoms with van der Waals surface area (Å²) in [5.41, 5.74) is 0.282. The lowest BCUT2D eigenvalue weighted by Gasteiger charge is -2.20. The Kier molecular flexibility index (Phi) is 4.85. The average Bonchev–Trinajstić information content (AvgIpc) is 3.48. The monoisotopic (exact) mass is 430 g/mol. The highest BCUT2D eigenvalue weighted by Gasteiger charge is 2.57. The number of hydrogen-bond acceptors (Lipinski definition) is 7. The van der Waals surface area contributed by atoms with Crippen molar-refractivity contribution in [2.24, 2.45) is 11.3 Å². The molecule has 0 unspecified atom stereocenters. The first-order valence-electron chi connectivity index (χ1n) is 10.7. The molecule has 1 atom stereocenters. The van der Waals surface area contributed by atoms with E-state index in [9.17, 15) is 19.6 Å². The maximum absolute atomic E-state index is 13.0. The fraction of sp³-hybridized carbons (Fsp3) is 0.391. The van der Waals surface area contributed by atoms with E-state index in [0.717, 1.165) is 12.8 Å². The number of Topliss-reactive ketones (excluding diaryl/α,β-unsaturated/α-hetero) is 1. The first-order chi connectivity index (χ1) is 15.5. The van der Waals surface area contributed by atoms with Crippen LogP contribution in [0, 0.1) is 22.7 Å². The van der Waals surface area contributed by atoms with Gasteiger partial charge in [-0.1, -0.05) is 0 Å². The number of likely N-dealkylation sites (tertiary alicyclic amines) is 1. The van der Waals surface area contributed by atoms with Crippen LogP contribution in [-0.2, 0) is 9.59 Å². The maximum Gasteiger partial charge on any atom is 0.254 e. The lowest BCUT2D eigenvalue weighted by atomic mass is 9.83. The Bertz CT molecular complexity index is 1140. The van der Waals surface area contributed by atoms with Gasteiger partial charge in [-0.3, -0.25) is 19.3 Å². The summed E-state index contributed by atoms with van der Waals surface area (Å²) in [6.07, 6.45) is 4.36. The number of nitriles is 1. The zero-order valence-electron chi connectivity index (χ0n) is 17.5. The standard InChI is InChI=1S/C23H22N6O3/c24-14-23(16-3-4-16)9-12-29(21(23)32)19-7-10-25-22(27-19)26-17-5-1-15(2-6-17)20(31)28-11-8-18(30)13-28/h1-2,5-7,10,16H,3-4,8-9,11-13H2,(H,25,26,27)/t23-/m1/s1. The smallest absolute Gasteiger partial charge is 0.254 e. The van der Waals surface area contributed by atoms with Crippen molar-refractivity contribution in [1.29, 1.82) is 5.26 Å². The van der Waals surface area contributed by atoms with Gasteiger partial charge >= 0.3 is 0 Å².